The molecule has 0 amide bonds. The molecule has 0 aromatic carbocycles. The van der Waals surface area contributed by atoms with Crippen molar-refractivity contribution in [3.63, 3.8) is 0 Å². The highest BCUT2D eigenvalue weighted by Gasteiger charge is 2.57. The molecule has 98 valence electrons. The Labute approximate surface area is 113 Å². The van der Waals surface area contributed by atoms with Crippen LogP contribution in [0.5, 0.6) is 0 Å². The van der Waals surface area contributed by atoms with E-state index in [1.165, 1.54) is 25.0 Å². The first-order valence-corrected chi connectivity index (χ1v) is 8.22. The summed E-state index contributed by atoms with van der Waals surface area (Å²) in [6, 6.07) is 0. The summed E-state index contributed by atoms with van der Waals surface area (Å²) in [6.07, 6.45) is 1.77. The first-order valence-electron chi connectivity index (χ1n) is 6.25. The van der Waals surface area contributed by atoms with Gasteiger partial charge in [0.15, 0.2) is 0 Å². The Kier molecular flexibility index (Phi) is 3.75. The van der Waals surface area contributed by atoms with Crippen molar-refractivity contribution in [2.24, 2.45) is 17.3 Å². The van der Waals surface area contributed by atoms with Gasteiger partial charge < -0.3 is 4.74 Å². The Bertz CT molecular complexity index is 309. The number of carbonyl (C=O) groups is 1. The van der Waals surface area contributed by atoms with Crippen molar-refractivity contribution < 1.29 is 9.53 Å². The van der Waals surface area contributed by atoms with Crippen LogP contribution in [0.1, 0.15) is 33.6 Å². The fourth-order valence-electron chi connectivity index (χ4n) is 3.27. The van der Waals surface area contributed by atoms with Gasteiger partial charge in [-0.2, -0.15) is 0 Å². The minimum Gasteiger partial charge on any atom is -0.469 e. The molecule has 0 bridgehead atoms. The number of rotatable bonds is 3. The van der Waals surface area contributed by atoms with Crippen molar-refractivity contribution >= 4 is 29.5 Å². The Morgan fingerprint density at radius 1 is 1.29 bits per heavy atom. The Morgan fingerprint density at radius 3 is 2.35 bits per heavy atom. The van der Waals surface area contributed by atoms with Crippen LogP contribution in [-0.4, -0.2) is 28.7 Å². The maximum absolute atomic E-state index is 11.4. The fraction of sp³-hybridized carbons (Fsp3) is 0.923. The van der Waals surface area contributed by atoms with Crippen LogP contribution in [0, 0.1) is 17.3 Å². The van der Waals surface area contributed by atoms with Crippen molar-refractivity contribution in [2.75, 3.05) is 18.6 Å². The van der Waals surface area contributed by atoms with Crippen LogP contribution in [0.3, 0.4) is 0 Å². The van der Waals surface area contributed by atoms with Crippen molar-refractivity contribution in [2.45, 2.75) is 37.7 Å². The Morgan fingerprint density at radius 2 is 1.88 bits per heavy atom. The zero-order valence-electron chi connectivity index (χ0n) is 11.1. The maximum Gasteiger partial charge on any atom is 0.305 e. The van der Waals surface area contributed by atoms with E-state index < -0.39 is 0 Å². The molecule has 0 unspecified atom stereocenters. The SMILES string of the molecule is COC(=O)C[C@H]1C[C@@H](C2(C)SCCS2)C1(C)C. The van der Waals surface area contributed by atoms with E-state index in [0.29, 0.717) is 16.4 Å². The summed E-state index contributed by atoms with van der Waals surface area (Å²) in [5.74, 6) is 3.71. The minimum atomic E-state index is -0.0570. The molecule has 17 heavy (non-hydrogen) atoms. The molecule has 1 saturated carbocycles. The highest BCUT2D eigenvalue weighted by molar-refractivity contribution is 8.21. The standard InChI is InChI=1S/C13H22O2S2/c1-12(2)9(8-11(14)15-4)7-10(12)13(3)16-5-6-17-13/h9-10H,5-8H2,1-4H3/t9-,10-/m1/s1. The van der Waals surface area contributed by atoms with E-state index in [4.69, 9.17) is 4.74 Å². The zero-order valence-corrected chi connectivity index (χ0v) is 12.7. The molecule has 1 aliphatic heterocycles. The number of thioether (sulfide) groups is 2. The van der Waals surface area contributed by atoms with E-state index in [2.05, 4.69) is 44.3 Å². The van der Waals surface area contributed by atoms with Crippen LogP contribution in [0.25, 0.3) is 0 Å². The Balaban J connectivity index is 1.99. The van der Waals surface area contributed by atoms with E-state index >= 15 is 0 Å². The fourth-order valence-corrected chi connectivity index (χ4v) is 6.78. The second kappa shape index (κ2) is 4.69. The molecule has 2 aliphatic rings. The molecule has 4 heteroatoms. The monoisotopic (exact) mass is 274 g/mol. The predicted molar refractivity (Wildman–Crippen MR) is 75.3 cm³/mol. The minimum absolute atomic E-state index is 0.0570. The van der Waals surface area contributed by atoms with Crippen molar-refractivity contribution in [1.29, 1.82) is 0 Å². The van der Waals surface area contributed by atoms with Crippen molar-refractivity contribution in [1.82, 2.24) is 0 Å². The largest absolute Gasteiger partial charge is 0.469 e. The second-order valence-electron chi connectivity index (χ2n) is 5.80. The van der Waals surface area contributed by atoms with Crippen LogP contribution in [0.15, 0.2) is 0 Å². The summed E-state index contributed by atoms with van der Waals surface area (Å²) in [5.41, 5.74) is 0.271. The average Bonchev–Trinajstić information content (AvgIpc) is 2.70. The van der Waals surface area contributed by atoms with Crippen LogP contribution in [0.4, 0.5) is 0 Å². The van der Waals surface area contributed by atoms with Crippen LogP contribution < -0.4 is 0 Å². The molecule has 1 aliphatic carbocycles. The molecule has 0 radical (unpaired) electrons. The van der Waals surface area contributed by atoms with Gasteiger partial charge in [-0.3, -0.25) is 4.79 Å². The predicted octanol–water partition coefficient (Wildman–Crippen LogP) is 3.41. The number of carbonyl (C=O) groups excluding carboxylic acids is 1. The van der Waals surface area contributed by atoms with E-state index in [9.17, 15) is 4.79 Å². The third-order valence-corrected chi connectivity index (χ3v) is 8.10. The van der Waals surface area contributed by atoms with Gasteiger partial charge in [-0.25, -0.2) is 0 Å². The van der Waals surface area contributed by atoms with Gasteiger partial charge in [-0.1, -0.05) is 13.8 Å². The highest BCUT2D eigenvalue weighted by atomic mass is 32.2. The molecule has 2 fully saturated rings. The molecule has 1 heterocycles. The van der Waals surface area contributed by atoms with Gasteiger partial charge in [0.1, 0.15) is 0 Å². The number of ether oxygens (including phenoxy) is 1. The molecule has 2 nitrogen and oxygen atoms in total. The van der Waals surface area contributed by atoms with Crippen LogP contribution in [-0.2, 0) is 9.53 Å². The lowest BCUT2D eigenvalue weighted by Crippen LogP contribution is -2.53. The molecule has 0 N–H and O–H groups in total. The molecule has 0 aromatic rings. The summed E-state index contributed by atoms with van der Waals surface area (Å²) in [5, 5.41) is 0. The van der Waals surface area contributed by atoms with Gasteiger partial charge in [-0.05, 0) is 30.6 Å². The van der Waals surface area contributed by atoms with E-state index in [-0.39, 0.29) is 11.4 Å². The van der Waals surface area contributed by atoms with E-state index in [1.807, 2.05) is 0 Å². The quantitative estimate of drug-likeness (QED) is 0.737. The van der Waals surface area contributed by atoms with Gasteiger partial charge in [-0.15, -0.1) is 23.5 Å². The Hall–Kier alpha value is 0.170. The number of hydrogen-bond donors (Lipinski definition) is 0. The molecular weight excluding hydrogens is 252 g/mol. The normalized spacial score (nSPS) is 34.1. The van der Waals surface area contributed by atoms with Gasteiger partial charge in [0.2, 0.25) is 0 Å². The topological polar surface area (TPSA) is 26.3 Å². The summed E-state index contributed by atoms with van der Waals surface area (Å²) in [7, 11) is 1.48. The van der Waals surface area contributed by atoms with E-state index in [0.717, 1.165) is 5.92 Å². The summed E-state index contributed by atoms with van der Waals surface area (Å²) < 4.78 is 5.16. The van der Waals surface area contributed by atoms with Gasteiger partial charge in [0.25, 0.3) is 0 Å². The van der Waals surface area contributed by atoms with E-state index in [1.54, 1.807) is 0 Å². The molecule has 1 saturated heterocycles. The third-order valence-electron chi connectivity index (χ3n) is 4.60. The number of hydrogen-bond acceptors (Lipinski definition) is 4. The van der Waals surface area contributed by atoms with Crippen LogP contribution >= 0.6 is 23.5 Å². The lowest BCUT2D eigenvalue weighted by Gasteiger charge is -2.57. The third kappa shape index (κ3) is 2.35. The molecular formula is C13H22O2S2. The summed E-state index contributed by atoms with van der Waals surface area (Å²) >= 11 is 4.21. The number of methoxy groups -OCH3 is 1. The highest BCUT2D eigenvalue weighted by Crippen LogP contribution is 2.65. The zero-order chi connectivity index (χ0) is 12.7. The number of esters is 1. The molecule has 2 atom stereocenters. The smallest absolute Gasteiger partial charge is 0.305 e. The lowest BCUT2D eigenvalue weighted by molar-refractivity contribution is -0.147. The summed E-state index contributed by atoms with van der Waals surface area (Å²) in [4.78, 5) is 11.4. The van der Waals surface area contributed by atoms with Gasteiger partial charge >= 0.3 is 5.97 Å². The lowest BCUT2D eigenvalue weighted by atomic mass is 9.53. The van der Waals surface area contributed by atoms with Gasteiger partial charge in [0, 0.05) is 17.9 Å². The molecule has 2 rings (SSSR count). The molecule has 0 spiro atoms. The first-order chi connectivity index (χ1) is 7.90. The van der Waals surface area contributed by atoms with Crippen LogP contribution in [0.2, 0.25) is 0 Å². The second-order valence-corrected chi connectivity index (χ2v) is 9.15. The maximum atomic E-state index is 11.4. The molecule has 0 aromatic heterocycles. The van der Waals surface area contributed by atoms with Crippen molar-refractivity contribution in [3.05, 3.63) is 0 Å². The average molecular weight is 274 g/mol. The first kappa shape index (κ1) is 13.6. The van der Waals surface area contributed by atoms with Gasteiger partial charge in [0.05, 0.1) is 11.2 Å². The summed E-state index contributed by atoms with van der Waals surface area (Å²) in [6.45, 7) is 7.02. The van der Waals surface area contributed by atoms with Crippen molar-refractivity contribution in [3.8, 4) is 0 Å².